The van der Waals surface area contributed by atoms with Crippen molar-refractivity contribution < 1.29 is 18.8 Å². The molecule has 3 rings (SSSR count). The number of thiazole rings is 1. The Hall–Kier alpha value is -2.81. The number of aromatic nitrogens is 1. The van der Waals surface area contributed by atoms with Crippen LogP contribution in [0.25, 0.3) is 0 Å². The fourth-order valence-electron chi connectivity index (χ4n) is 2.49. The van der Waals surface area contributed by atoms with E-state index in [0.29, 0.717) is 22.1 Å². The number of amides is 3. The fourth-order valence-corrected chi connectivity index (χ4v) is 3.20. The number of hydrogen-bond acceptors (Lipinski definition) is 5. The van der Waals surface area contributed by atoms with Gasteiger partial charge < -0.3 is 16.4 Å². The second-order valence-electron chi connectivity index (χ2n) is 5.31. The zero-order valence-electron chi connectivity index (χ0n) is 12.3. The average Bonchev–Trinajstić information content (AvgIpc) is 2.92. The lowest BCUT2D eigenvalue weighted by molar-refractivity contribution is -0.123. The Kier molecular flexibility index (Phi) is 4.26. The predicted octanol–water partition coefficient (Wildman–Crippen LogP) is 1.37. The van der Waals surface area contributed by atoms with Crippen LogP contribution in [0.1, 0.15) is 23.6 Å². The zero-order chi connectivity index (χ0) is 17.3. The van der Waals surface area contributed by atoms with Gasteiger partial charge in [0, 0.05) is 17.5 Å². The first kappa shape index (κ1) is 16.1. The minimum atomic E-state index is -0.738. The van der Waals surface area contributed by atoms with Crippen molar-refractivity contribution in [1.29, 1.82) is 0 Å². The Morgan fingerprint density at radius 1 is 1.46 bits per heavy atom. The van der Waals surface area contributed by atoms with Gasteiger partial charge in [-0.15, -0.1) is 11.3 Å². The molecule has 7 nitrogen and oxygen atoms in total. The van der Waals surface area contributed by atoms with Crippen molar-refractivity contribution in [1.82, 2.24) is 4.98 Å². The van der Waals surface area contributed by atoms with Crippen LogP contribution in [0.3, 0.4) is 0 Å². The summed E-state index contributed by atoms with van der Waals surface area (Å²) in [5.41, 5.74) is 6.40. The van der Waals surface area contributed by atoms with E-state index in [1.165, 1.54) is 18.2 Å². The van der Waals surface area contributed by atoms with Crippen LogP contribution in [0, 0.1) is 5.82 Å². The van der Waals surface area contributed by atoms with Crippen molar-refractivity contribution in [3.8, 4) is 0 Å². The molecule has 124 valence electrons. The molecular weight excluding hydrogens is 335 g/mol. The number of fused-ring (bicyclic) bond motifs is 1. The van der Waals surface area contributed by atoms with Crippen LogP contribution < -0.4 is 16.4 Å². The number of primary amides is 1. The van der Waals surface area contributed by atoms with Crippen LogP contribution in [0.2, 0.25) is 0 Å². The van der Waals surface area contributed by atoms with Gasteiger partial charge in [-0.25, -0.2) is 9.37 Å². The molecule has 9 heteroatoms. The predicted molar refractivity (Wildman–Crippen MR) is 86.0 cm³/mol. The van der Waals surface area contributed by atoms with E-state index in [9.17, 15) is 18.8 Å². The molecule has 2 aromatic rings. The molecule has 0 fully saturated rings. The van der Waals surface area contributed by atoms with Gasteiger partial charge in [-0.2, -0.15) is 0 Å². The summed E-state index contributed by atoms with van der Waals surface area (Å²) in [4.78, 5) is 39.2. The fraction of sp³-hybridized carbons (Fsp3) is 0.200. The summed E-state index contributed by atoms with van der Waals surface area (Å²) in [7, 11) is 0. The van der Waals surface area contributed by atoms with E-state index in [0.717, 1.165) is 11.3 Å². The molecule has 4 N–H and O–H groups in total. The van der Waals surface area contributed by atoms with Gasteiger partial charge in [0.1, 0.15) is 5.82 Å². The Morgan fingerprint density at radius 2 is 2.25 bits per heavy atom. The largest absolute Gasteiger partial charge is 0.369 e. The lowest BCUT2D eigenvalue weighted by Crippen LogP contribution is -2.30. The third kappa shape index (κ3) is 3.40. The average molecular weight is 348 g/mol. The number of hydrogen-bond donors (Lipinski definition) is 3. The van der Waals surface area contributed by atoms with E-state index in [4.69, 9.17) is 5.73 Å². The third-order valence-corrected chi connectivity index (χ3v) is 4.31. The maximum atomic E-state index is 13.3. The van der Waals surface area contributed by atoms with Crippen molar-refractivity contribution in [2.45, 2.75) is 18.8 Å². The number of benzene rings is 1. The van der Waals surface area contributed by atoms with Crippen molar-refractivity contribution >= 4 is 39.9 Å². The lowest BCUT2D eigenvalue weighted by atomic mass is 9.90. The Bertz CT molecular complexity index is 836. The van der Waals surface area contributed by atoms with Crippen LogP contribution in [0.15, 0.2) is 23.6 Å². The van der Waals surface area contributed by atoms with Crippen LogP contribution in [-0.2, 0) is 20.8 Å². The molecule has 3 amide bonds. The SMILES string of the molecule is NC(=O)Cc1csc(NC(=O)C2CC(=O)Nc3cc(F)ccc32)n1. The Balaban J connectivity index is 1.79. The van der Waals surface area contributed by atoms with Gasteiger partial charge in [-0.3, -0.25) is 14.4 Å². The first-order chi connectivity index (χ1) is 11.4. The Labute approximate surface area is 140 Å². The monoisotopic (exact) mass is 348 g/mol. The summed E-state index contributed by atoms with van der Waals surface area (Å²) >= 11 is 1.16. The summed E-state index contributed by atoms with van der Waals surface area (Å²) in [6, 6.07) is 3.90. The normalized spacial score (nSPS) is 16.2. The molecule has 0 aliphatic carbocycles. The summed E-state index contributed by atoms with van der Waals surface area (Å²) in [5.74, 6) is -2.53. The number of carbonyl (C=O) groups excluding carboxylic acids is 3. The van der Waals surface area contributed by atoms with E-state index < -0.39 is 23.5 Å². The van der Waals surface area contributed by atoms with Gasteiger partial charge in [-0.05, 0) is 17.7 Å². The van der Waals surface area contributed by atoms with E-state index in [-0.39, 0.29) is 18.7 Å². The molecule has 0 saturated heterocycles. The van der Waals surface area contributed by atoms with E-state index in [1.807, 2.05) is 0 Å². The Morgan fingerprint density at radius 3 is 3.00 bits per heavy atom. The van der Waals surface area contributed by atoms with Gasteiger partial charge in [0.05, 0.1) is 18.0 Å². The molecule has 1 unspecified atom stereocenters. The number of anilines is 2. The number of nitrogens with zero attached hydrogens (tertiary/aromatic N) is 1. The first-order valence-corrected chi connectivity index (χ1v) is 7.93. The second-order valence-corrected chi connectivity index (χ2v) is 6.17. The molecule has 0 radical (unpaired) electrons. The maximum absolute atomic E-state index is 13.3. The molecule has 1 aromatic heterocycles. The molecule has 0 spiro atoms. The zero-order valence-corrected chi connectivity index (χ0v) is 13.2. The van der Waals surface area contributed by atoms with Gasteiger partial charge in [0.15, 0.2) is 5.13 Å². The van der Waals surface area contributed by atoms with E-state index >= 15 is 0 Å². The van der Waals surface area contributed by atoms with Crippen molar-refractivity contribution in [2.75, 3.05) is 10.6 Å². The highest BCUT2D eigenvalue weighted by Gasteiger charge is 2.31. The molecule has 2 heterocycles. The molecule has 1 aliphatic rings. The summed E-state index contributed by atoms with van der Waals surface area (Å²) in [5, 5.41) is 7.11. The quantitative estimate of drug-likeness (QED) is 0.774. The number of nitrogens with one attached hydrogen (secondary N) is 2. The number of halogens is 1. The first-order valence-electron chi connectivity index (χ1n) is 7.05. The van der Waals surface area contributed by atoms with Gasteiger partial charge >= 0.3 is 0 Å². The van der Waals surface area contributed by atoms with Gasteiger partial charge in [0.2, 0.25) is 17.7 Å². The molecule has 24 heavy (non-hydrogen) atoms. The number of rotatable bonds is 4. The van der Waals surface area contributed by atoms with Crippen LogP contribution >= 0.6 is 11.3 Å². The van der Waals surface area contributed by atoms with Crippen molar-refractivity contribution in [3.05, 3.63) is 40.7 Å². The highest BCUT2D eigenvalue weighted by Crippen LogP contribution is 2.33. The maximum Gasteiger partial charge on any atom is 0.234 e. The molecule has 1 aromatic carbocycles. The third-order valence-electron chi connectivity index (χ3n) is 3.51. The van der Waals surface area contributed by atoms with E-state index in [2.05, 4.69) is 15.6 Å². The molecule has 1 aliphatic heterocycles. The minimum Gasteiger partial charge on any atom is -0.369 e. The van der Waals surface area contributed by atoms with Crippen molar-refractivity contribution in [3.63, 3.8) is 0 Å². The van der Waals surface area contributed by atoms with Crippen LogP contribution in [-0.4, -0.2) is 22.7 Å². The molecule has 0 bridgehead atoms. The number of nitrogens with two attached hydrogens (primary N) is 1. The van der Waals surface area contributed by atoms with Gasteiger partial charge in [-0.1, -0.05) is 6.07 Å². The smallest absolute Gasteiger partial charge is 0.234 e. The van der Waals surface area contributed by atoms with Gasteiger partial charge in [0.25, 0.3) is 0 Å². The minimum absolute atomic E-state index is 0.0136. The topological polar surface area (TPSA) is 114 Å². The lowest BCUT2D eigenvalue weighted by Gasteiger charge is -2.24. The summed E-state index contributed by atoms with van der Waals surface area (Å²) in [6.07, 6.45) is -0.0513. The van der Waals surface area contributed by atoms with Crippen LogP contribution in [0.4, 0.5) is 15.2 Å². The van der Waals surface area contributed by atoms with E-state index in [1.54, 1.807) is 5.38 Å². The molecule has 1 atom stereocenters. The van der Waals surface area contributed by atoms with Crippen molar-refractivity contribution in [2.24, 2.45) is 5.73 Å². The summed E-state index contributed by atoms with van der Waals surface area (Å²) in [6.45, 7) is 0. The molecule has 0 saturated carbocycles. The highest BCUT2D eigenvalue weighted by atomic mass is 32.1. The summed E-state index contributed by atoms with van der Waals surface area (Å²) < 4.78 is 13.3. The van der Waals surface area contributed by atoms with Crippen LogP contribution in [0.5, 0.6) is 0 Å². The second kappa shape index (κ2) is 6.36. The number of carbonyl (C=O) groups is 3. The highest BCUT2D eigenvalue weighted by molar-refractivity contribution is 7.13. The standard InChI is InChI=1S/C15H13FN4O3S/c16-7-1-2-9-10(5-13(22)19-11(9)3-7)14(23)20-15-18-8(6-24-15)4-12(17)21/h1-3,6,10H,4-5H2,(H2,17,21)(H,19,22)(H,18,20,23). The molecular formula is C15H13FN4O3S.